The summed E-state index contributed by atoms with van der Waals surface area (Å²) in [7, 11) is 0. The number of ether oxygens (including phenoxy) is 1. The number of hydrogen-bond acceptors (Lipinski definition) is 5. The monoisotopic (exact) mass is 277 g/mol. The van der Waals surface area contributed by atoms with E-state index in [2.05, 4.69) is 10.3 Å². The molecule has 3 N–H and O–H groups in total. The highest BCUT2D eigenvalue weighted by atomic mass is 32.1. The van der Waals surface area contributed by atoms with Crippen LogP contribution in [-0.2, 0) is 9.53 Å². The highest BCUT2D eigenvalue weighted by molar-refractivity contribution is 7.22. The number of carbonyl (C=O) groups excluding carboxylic acids is 1. The molecule has 0 radical (unpaired) electrons. The summed E-state index contributed by atoms with van der Waals surface area (Å²) in [6.45, 7) is 1.34. The van der Waals surface area contributed by atoms with Gasteiger partial charge in [0.1, 0.15) is 0 Å². The van der Waals surface area contributed by atoms with Gasteiger partial charge in [0, 0.05) is 24.8 Å². The largest absolute Gasteiger partial charge is 0.381 e. The number of hydrogen-bond donors (Lipinski definition) is 2. The molecule has 1 amide bonds. The van der Waals surface area contributed by atoms with Gasteiger partial charge in [-0.05, 0) is 31.0 Å². The number of aromatic nitrogens is 1. The minimum absolute atomic E-state index is 0.0518. The summed E-state index contributed by atoms with van der Waals surface area (Å²) >= 11 is 1.42. The van der Waals surface area contributed by atoms with Gasteiger partial charge in [-0.15, -0.1) is 0 Å². The molecule has 0 atom stereocenters. The Bertz CT molecular complexity index is 605. The maximum absolute atomic E-state index is 12.1. The van der Waals surface area contributed by atoms with Crippen molar-refractivity contribution in [2.24, 2.45) is 5.92 Å². The third-order valence-electron chi connectivity index (χ3n) is 3.26. The van der Waals surface area contributed by atoms with E-state index in [4.69, 9.17) is 10.5 Å². The lowest BCUT2D eigenvalue weighted by molar-refractivity contribution is -0.122. The molecule has 2 heterocycles. The number of benzene rings is 1. The molecule has 1 aromatic heterocycles. The lowest BCUT2D eigenvalue weighted by Crippen LogP contribution is -2.28. The number of thiazole rings is 1. The molecule has 1 aliphatic rings. The van der Waals surface area contributed by atoms with E-state index in [-0.39, 0.29) is 11.8 Å². The Morgan fingerprint density at radius 3 is 3.00 bits per heavy atom. The van der Waals surface area contributed by atoms with Crippen LogP contribution in [0.1, 0.15) is 12.8 Å². The van der Waals surface area contributed by atoms with Gasteiger partial charge in [-0.2, -0.15) is 0 Å². The minimum atomic E-state index is 0.0518. The molecule has 0 unspecified atom stereocenters. The van der Waals surface area contributed by atoms with E-state index in [1.165, 1.54) is 11.3 Å². The van der Waals surface area contributed by atoms with Crippen LogP contribution in [0.2, 0.25) is 0 Å². The van der Waals surface area contributed by atoms with Crippen LogP contribution in [0, 0.1) is 5.92 Å². The fourth-order valence-corrected chi connectivity index (χ4v) is 3.00. The Morgan fingerprint density at radius 1 is 1.42 bits per heavy atom. The molecule has 6 heteroatoms. The van der Waals surface area contributed by atoms with E-state index in [0.717, 1.165) is 28.7 Å². The predicted molar refractivity (Wildman–Crippen MR) is 76.2 cm³/mol. The second-order valence-electron chi connectivity index (χ2n) is 4.61. The number of nitrogen functional groups attached to an aromatic ring is 1. The third-order valence-corrected chi connectivity index (χ3v) is 4.11. The molecule has 100 valence electrons. The van der Waals surface area contributed by atoms with Crippen LogP contribution >= 0.6 is 11.3 Å². The molecule has 1 saturated heterocycles. The molecule has 0 saturated carbocycles. The van der Waals surface area contributed by atoms with Gasteiger partial charge in [-0.3, -0.25) is 4.79 Å². The molecule has 0 spiro atoms. The fourth-order valence-electron chi connectivity index (χ4n) is 2.22. The molecular formula is C13H15N3O2S. The molecule has 0 aliphatic carbocycles. The first-order valence-electron chi connectivity index (χ1n) is 6.27. The Balaban J connectivity index is 1.74. The summed E-state index contributed by atoms with van der Waals surface area (Å²) < 4.78 is 6.25. The number of anilines is 2. The number of nitrogens with one attached hydrogen (secondary N) is 1. The predicted octanol–water partition coefficient (Wildman–Crippen LogP) is 2.24. The quantitative estimate of drug-likeness (QED) is 0.882. The number of carbonyl (C=O) groups is 1. The zero-order valence-corrected chi connectivity index (χ0v) is 11.2. The molecule has 1 aromatic carbocycles. The van der Waals surface area contributed by atoms with Crippen LogP contribution in [0.5, 0.6) is 0 Å². The summed E-state index contributed by atoms with van der Waals surface area (Å²) in [4.78, 5) is 16.3. The average molecular weight is 277 g/mol. The number of amides is 1. The first kappa shape index (κ1) is 12.4. The molecule has 5 nitrogen and oxygen atoms in total. The van der Waals surface area contributed by atoms with Gasteiger partial charge < -0.3 is 15.8 Å². The van der Waals surface area contributed by atoms with Crippen molar-refractivity contribution < 1.29 is 9.53 Å². The molecule has 0 bridgehead atoms. The number of nitrogens with zero attached hydrogens (tertiary/aromatic N) is 1. The van der Waals surface area contributed by atoms with E-state index in [1.807, 2.05) is 18.2 Å². The van der Waals surface area contributed by atoms with Crippen molar-refractivity contribution in [2.45, 2.75) is 12.8 Å². The van der Waals surface area contributed by atoms with E-state index in [1.54, 1.807) is 0 Å². The zero-order valence-electron chi connectivity index (χ0n) is 10.4. The minimum Gasteiger partial charge on any atom is -0.381 e. The highest BCUT2D eigenvalue weighted by Gasteiger charge is 2.21. The SMILES string of the molecule is Nc1nc2ccc(NC(=O)C3CCOCC3)cc2s1. The first-order valence-corrected chi connectivity index (χ1v) is 7.09. The van der Waals surface area contributed by atoms with Crippen molar-refractivity contribution in [3.63, 3.8) is 0 Å². The summed E-state index contributed by atoms with van der Waals surface area (Å²) in [5.41, 5.74) is 7.33. The van der Waals surface area contributed by atoms with Gasteiger partial charge in [0.15, 0.2) is 5.13 Å². The topological polar surface area (TPSA) is 77.2 Å². The Morgan fingerprint density at radius 2 is 2.21 bits per heavy atom. The van der Waals surface area contributed by atoms with Crippen LogP contribution in [-0.4, -0.2) is 24.1 Å². The summed E-state index contributed by atoms with van der Waals surface area (Å²) in [6.07, 6.45) is 1.59. The number of fused-ring (bicyclic) bond motifs is 1. The first-order chi connectivity index (χ1) is 9.22. The van der Waals surface area contributed by atoms with Crippen LogP contribution in [0.15, 0.2) is 18.2 Å². The van der Waals surface area contributed by atoms with Crippen LogP contribution in [0.25, 0.3) is 10.2 Å². The number of rotatable bonds is 2. The second kappa shape index (κ2) is 5.14. The van der Waals surface area contributed by atoms with Gasteiger partial charge in [0.25, 0.3) is 0 Å². The van der Waals surface area contributed by atoms with Crippen LogP contribution in [0.4, 0.5) is 10.8 Å². The molecule has 1 fully saturated rings. The highest BCUT2D eigenvalue weighted by Crippen LogP contribution is 2.27. The van der Waals surface area contributed by atoms with Crippen molar-refractivity contribution in [1.82, 2.24) is 4.98 Å². The lowest BCUT2D eigenvalue weighted by atomic mass is 9.99. The van der Waals surface area contributed by atoms with Gasteiger partial charge >= 0.3 is 0 Å². The molecule has 2 aromatic rings. The maximum Gasteiger partial charge on any atom is 0.227 e. The normalized spacial score (nSPS) is 16.6. The summed E-state index contributed by atoms with van der Waals surface area (Å²) in [6, 6.07) is 5.65. The smallest absolute Gasteiger partial charge is 0.227 e. The van der Waals surface area contributed by atoms with Crippen molar-refractivity contribution in [2.75, 3.05) is 24.3 Å². The third kappa shape index (κ3) is 2.69. The van der Waals surface area contributed by atoms with Gasteiger partial charge in [0.2, 0.25) is 5.91 Å². The Labute approximate surface area is 114 Å². The van der Waals surface area contributed by atoms with Gasteiger partial charge in [-0.1, -0.05) is 11.3 Å². The molecule has 1 aliphatic heterocycles. The zero-order chi connectivity index (χ0) is 13.2. The molecular weight excluding hydrogens is 262 g/mol. The van der Waals surface area contributed by atoms with E-state index in [0.29, 0.717) is 18.3 Å². The van der Waals surface area contributed by atoms with Crippen LogP contribution in [0.3, 0.4) is 0 Å². The summed E-state index contributed by atoms with van der Waals surface area (Å²) in [5.74, 6) is 0.121. The maximum atomic E-state index is 12.1. The Hall–Kier alpha value is -1.66. The van der Waals surface area contributed by atoms with Gasteiger partial charge in [-0.25, -0.2) is 4.98 Å². The second-order valence-corrected chi connectivity index (χ2v) is 5.67. The van der Waals surface area contributed by atoms with Crippen LogP contribution < -0.4 is 11.1 Å². The van der Waals surface area contributed by atoms with Crippen molar-refractivity contribution in [3.8, 4) is 0 Å². The lowest BCUT2D eigenvalue weighted by Gasteiger charge is -2.21. The standard InChI is InChI=1S/C13H15N3O2S/c14-13-16-10-2-1-9(7-11(10)19-13)15-12(17)8-3-5-18-6-4-8/h1-2,7-8H,3-6H2,(H2,14,16)(H,15,17). The summed E-state index contributed by atoms with van der Waals surface area (Å²) in [5, 5.41) is 3.50. The van der Waals surface area contributed by atoms with E-state index < -0.39 is 0 Å². The van der Waals surface area contributed by atoms with E-state index >= 15 is 0 Å². The number of nitrogens with two attached hydrogens (primary N) is 1. The molecule has 19 heavy (non-hydrogen) atoms. The van der Waals surface area contributed by atoms with Crippen molar-refractivity contribution in [1.29, 1.82) is 0 Å². The van der Waals surface area contributed by atoms with Crippen molar-refractivity contribution in [3.05, 3.63) is 18.2 Å². The fraction of sp³-hybridized carbons (Fsp3) is 0.385. The molecule has 3 rings (SSSR count). The Kier molecular flexibility index (Phi) is 3.35. The van der Waals surface area contributed by atoms with Crippen molar-refractivity contribution >= 4 is 38.3 Å². The average Bonchev–Trinajstić information content (AvgIpc) is 2.79. The van der Waals surface area contributed by atoms with Gasteiger partial charge in [0.05, 0.1) is 10.2 Å². The van der Waals surface area contributed by atoms with E-state index in [9.17, 15) is 4.79 Å².